The van der Waals surface area contributed by atoms with Gasteiger partial charge in [0.05, 0.1) is 11.1 Å². The molecular formula is C14H16BrN3O. The highest BCUT2D eigenvalue weighted by molar-refractivity contribution is 9.10. The monoisotopic (exact) mass is 321 g/mol. The van der Waals surface area contributed by atoms with Crippen molar-refractivity contribution in [2.24, 2.45) is 5.73 Å². The number of nitrogens with one attached hydrogen (secondary N) is 1. The van der Waals surface area contributed by atoms with Crippen molar-refractivity contribution in [1.29, 1.82) is 0 Å². The summed E-state index contributed by atoms with van der Waals surface area (Å²) in [5.41, 5.74) is 7.78. The average Bonchev–Trinajstić information content (AvgIpc) is 2.36. The second-order valence-electron chi connectivity index (χ2n) is 4.58. The molecule has 0 fully saturated rings. The number of halogens is 1. The Labute approximate surface area is 120 Å². The lowest BCUT2D eigenvalue weighted by Gasteiger charge is -2.13. The molecule has 1 amide bonds. The summed E-state index contributed by atoms with van der Waals surface area (Å²) < 4.78 is 0.944. The van der Waals surface area contributed by atoms with Gasteiger partial charge in [0, 0.05) is 28.1 Å². The molecule has 2 aromatic rings. The van der Waals surface area contributed by atoms with Gasteiger partial charge in [-0.25, -0.2) is 0 Å². The average molecular weight is 322 g/mol. The predicted molar refractivity (Wildman–Crippen MR) is 80.2 cm³/mol. The van der Waals surface area contributed by atoms with Crippen molar-refractivity contribution in [3.63, 3.8) is 0 Å². The number of aryl methyl sites for hydroxylation is 1. The summed E-state index contributed by atoms with van der Waals surface area (Å²) in [6.07, 6.45) is 0. The van der Waals surface area contributed by atoms with E-state index in [0.717, 1.165) is 21.1 Å². The zero-order valence-electron chi connectivity index (χ0n) is 10.9. The molecule has 0 bridgehead atoms. The lowest BCUT2D eigenvalue weighted by Crippen LogP contribution is -2.37. The van der Waals surface area contributed by atoms with Gasteiger partial charge in [-0.05, 0) is 32.0 Å². The van der Waals surface area contributed by atoms with Crippen LogP contribution in [0.1, 0.15) is 23.0 Å². The topological polar surface area (TPSA) is 68.0 Å². The van der Waals surface area contributed by atoms with Gasteiger partial charge < -0.3 is 11.1 Å². The number of amides is 1. The first-order valence-corrected chi connectivity index (χ1v) is 6.88. The third-order valence-corrected chi connectivity index (χ3v) is 3.37. The van der Waals surface area contributed by atoms with E-state index in [4.69, 9.17) is 5.73 Å². The Balaban J connectivity index is 2.50. The Morgan fingerprint density at radius 1 is 1.47 bits per heavy atom. The number of benzene rings is 1. The Morgan fingerprint density at radius 3 is 2.89 bits per heavy atom. The highest BCUT2D eigenvalue weighted by Crippen LogP contribution is 2.22. The number of nitrogens with two attached hydrogens (primary N) is 1. The van der Waals surface area contributed by atoms with E-state index in [-0.39, 0.29) is 11.9 Å². The van der Waals surface area contributed by atoms with Gasteiger partial charge in [-0.3, -0.25) is 9.78 Å². The minimum Gasteiger partial charge on any atom is -0.348 e. The zero-order chi connectivity index (χ0) is 14.0. The van der Waals surface area contributed by atoms with Crippen molar-refractivity contribution in [2.45, 2.75) is 19.9 Å². The van der Waals surface area contributed by atoms with Crippen LogP contribution in [0.3, 0.4) is 0 Å². The number of nitrogens with zero attached hydrogens (tertiary/aromatic N) is 1. The van der Waals surface area contributed by atoms with Crippen LogP contribution >= 0.6 is 15.9 Å². The Morgan fingerprint density at radius 2 is 2.21 bits per heavy atom. The molecule has 3 N–H and O–H groups in total. The minimum absolute atomic E-state index is 0.0496. The molecule has 1 aromatic heterocycles. The van der Waals surface area contributed by atoms with Gasteiger partial charge in [-0.15, -0.1) is 0 Å². The number of rotatable bonds is 3. The smallest absolute Gasteiger partial charge is 0.252 e. The van der Waals surface area contributed by atoms with Crippen molar-refractivity contribution in [3.8, 4) is 0 Å². The Bertz CT molecular complexity index is 622. The van der Waals surface area contributed by atoms with Crippen molar-refractivity contribution in [1.82, 2.24) is 10.3 Å². The molecule has 0 saturated carbocycles. The van der Waals surface area contributed by atoms with Gasteiger partial charge >= 0.3 is 0 Å². The summed E-state index contributed by atoms with van der Waals surface area (Å²) in [5, 5.41) is 3.72. The fraction of sp³-hybridized carbons (Fsp3) is 0.286. The van der Waals surface area contributed by atoms with Crippen LogP contribution in [0.5, 0.6) is 0 Å². The molecule has 1 heterocycles. The normalized spacial score (nSPS) is 12.4. The fourth-order valence-electron chi connectivity index (χ4n) is 1.88. The molecule has 5 heteroatoms. The van der Waals surface area contributed by atoms with E-state index in [2.05, 4.69) is 26.2 Å². The minimum atomic E-state index is -0.115. The molecule has 0 spiro atoms. The number of fused-ring (bicyclic) bond motifs is 1. The lowest BCUT2D eigenvalue weighted by atomic mass is 10.1. The number of carbonyl (C=O) groups excluding carboxylic acids is 1. The van der Waals surface area contributed by atoms with E-state index in [1.165, 1.54) is 0 Å². The molecule has 1 aromatic carbocycles. The maximum absolute atomic E-state index is 12.3. The van der Waals surface area contributed by atoms with E-state index in [0.29, 0.717) is 12.1 Å². The molecule has 100 valence electrons. The van der Waals surface area contributed by atoms with Crippen LogP contribution in [-0.4, -0.2) is 23.5 Å². The first-order valence-electron chi connectivity index (χ1n) is 6.09. The van der Waals surface area contributed by atoms with Gasteiger partial charge in [0.25, 0.3) is 5.91 Å². The molecule has 0 radical (unpaired) electrons. The summed E-state index contributed by atoms with van der Waals surface area (Å²) in [6, 6.07) is 7.46. The molecule has 0 unspecified atom stereocenters. The van der Waals surface area contributed by atoms with Crippen LogP contribution < -0.4 is 11.1 Å². The summed E-state index contributed by atoms with van der Waals surface area (Å²) in [6.45, 7) is 4.17. The molecule has 0 saturated heterocycles. The highest BCUT2D eigenvalue weighted by atomic mass is 79.9. The Hall–Kier alpha value is -1.46. The third kappa shape index (κ3) is 3.11. The van der Waals surface area contributed by atoms with Crippen LogP contribution in [-0.2, 0) is 0 Å². The van der Waals surface area contributed by atoms with Crippen LogP contribution in [0.25, 0.3) is 10.9 Å². The molecular weight excluding hydrogens is 306 g/mol. The summed E-state index contributed by atoms with van der Waals surface area (Å²) in [7, 11) is 0. The van der Waals surface area contributed by atoms with Crippen molar-refractivity contribution < 1.29 is 4.79 Å². The van der Waals surface area contributed by atoms with E-state index < -0.39 is 0 Å². The standard InChI is InChI=1S/C14H16BrN3O/c1-8-5-12(14(19)18-9(2)7-16)11-4-3-10(15)6-13(11)17-8/h3-6,9H,7,16H2,1-2H3,(H,18,19)/t9-/m0/s1. The second-order valence-corrected chi connectivity index (χ2v) is 5.50. The van der Waals surface area contributed by atoms with Crippen molar-refractivity contribution in [2.75, 3.05) is 6.54 Å². The second kappa shape index (κ2) is 5.67. The largest absolute Gasteiger partial charge is 0.348 e. The molecule has 4 nitrogen and oxygen atoms in total. The number of hydrogen-bond donors (Lipinski definition) is 2. The van der Waals surface area contributed by atoms with E-state index in [1.54, 1.807) is 6.07 Å². The zero-order valence-corrected chi connectivity index (χ0v) is 12.5. The molecule has 1 atom stereocenters. The summed E-state index contributed by atoms with van der Waals surface area (Å²) in [5.74, 6) is -0.115. The summed E-state index contributed by atoms with van der Waals surface area (Å²) in [4.78, 5) is 16.7. The highest BCUT2D eigenvalue weighted by Gasteiger charge is 2.13. The van der Waals surface area contributed by atoms with Crippen LogP contribution in [0.15, 0.2) is 28.7 Å². The fourth-order valence-corrected chi connectivity index (χ4v) is 2.23. The molecule has 0 aliphatic rings. The maximum atomic E-state index is 12.3. The lowest BCUT2D eigenvalue weighted by molar-refractivity contribution is 0.0943. The van der Waals surface area contributed by atoms with Gasteiger partial charge in [0.2, 0.25) is 0 Å². The van der Waals surface area contributed by atoms with Crippen molar-refractivity contribution >= 4 is 32.7 Å². The molecule has 2 rings (SSSR count). The molecule has 19 heavy (non-hydrogen) atoms. The predicted octanol–water partition coefficient (Wildman–Crippen LogP) is 2.38. The number of hydrogen-bond acceptors (Lipinski definition) is 3. The Kier molecular flexibility index (Phi) is 4.17. The molecule has 0 aliphatic carbocycles. The van der Waals surface area contributed by atoms with Crippen LogP contribution in [0.4, 0.5) is 0 Å². The SMILES string of the molecule is Cc1cc(C(=O)N[C@@H](C)CN)c2ccc(Br)cc2n1. The number of pyridine rings is 1. The first-order chi connectivity index (χ1) is 9.01. The summed E-state index contributed by atoms with van der Waals surface area (Å²) >= 11 is 3.41. The van der Waals surface area contributed by atoms with Gasteiger partial charge in [-0.2, -0.15) is 0 Å². The van der Waals surface area contributed by atoms with Crippen LogP contribution in [0.2, 0.25) is 0 Å². The van der Waals surface area contributed by atoms with E-state index >= 15 is 0 Å². The number of carbonyl (C=O) groups is 1. The van der Waals surface area contributed by atoms with Crippen molar-refractivity contribution in [3.05, 3.63) is 40.0 Å². The quantitative estimate of drug-likeness (QED) is 0.912. The third-order valence-electron chi connectivity index (χ3n) is 2.88. The van der Waals surface area contributed by atoms with Gasteiger partial charge in [-0.1, -0.05) is 22.0 Å². The maximum Gasteiger partial charge on any atom is 0.252 e. The van der Waals surface area contributed by atoms with E-state index in [9.17, 15) is 4.79 Å². The molecule has 0 aliphatic heterocycles. The first kappa shape index (κ1) is 14.0. The van der Waals surface area contributed by atoms with Crippen LogP contribution in [0, 0.1) is 6.92 Å². The van der Waals surface area contributed by atoms with Gasteiger partial charge in [0.1, 0.15) is 0 Å². The van der Waals surface area contributed by atoms with Gasteiger partial charge in [0.15, 0.2) is 0 Å². The number of aromatic nitrogens is 1. The van der Waals surface area contributed by atoms with E-state index in [1.807, 2.05) is 32.0 Å².